The SMILES string of the molecule is COc1cc(/C=C/C(=O)NC2CCCCC2)cc(Cl)c1OC. The van der Waals surface area contributed by atoms with Crippen molar-refractivity contribution < 1.29 is 14.3 Å². The van der Waals surface area contributed by atoms with Crippen LogP contribution in [0.3, 0.4) is 0 Å². The molecule has 0 bridgehead atoms. The Hall–Kier alpha value is -1.68. The highest BCUT2D eigenvalue weighted by Gasteiger charge is 2.14. The van der Waals surface area contributed by atoms with Gasteiger partial charge >= 0.3 is 0 Å². The van der Waals surface area contributed by atoms with E-state index in [-0.39, 0.29) is 5.91 Å². The molecule has 1 N–H and O–H groups in total. The van der Waals surface area contributed by atoms with Crippen molar-refractivity contribution in [2.24, 2.45) is 0 Å². The fourth-order valence-corrected chi connectivity index (χ4v) is 3.00. The molecule has 1 aliphatic rings. The molecule has 120 valence electrons. The van der Waals surface area contributed by atoms with Gasteiger partial charge in [0.1, 0.15) is 0 Å². The smallest absolute Gasteiger partial charge is 0.244 e. The minimum absolute atomic E-state index is 0.0715. The third-order valence-electron chi connectivity index (χ3n) is 3.83. The lowest BCUT2D eigenvalue weighted by molar-refractivity contribution is -0.117. The summed E-state index contributed by atoms with van der Waals surface area (Å²) in [6.45, 7) is 0. The standard InChI is InChI=1S/C17H22ClNO3/c1-21-15-11-12(10-14(18)17(15)22-2)8-9-16(20)19-13-6-4-3-5-7-13/h8-11,13H,3-7H2,1-2H3,(H,19,20)/b9-8+. The summed E-state index contributed by atoms with van der Waals surface area (Å²) < 4.78 is 10.4. The predicted molar refractivity (Wildman–Crippen MR) is 88.6 cm³/mol. The zero-order valence-electron chi connectivity index (χ0n) is 13.0. The Morgan fingerprint density at radius 3 is 2.59 bits per heavy atom. The fraction of sp³-hybridized carbons (Fsp3) is 0.471. The molecule has 22 heavy (non-hydrogen) atoms. The van der Waals surface area contributed by atoms with Gasteiger partial charge in [-0.15, -0.1) is 0 Å². The maximum absolute atomic E-state index is 12.0. The van der Waals surface area contributed by atoms with E-state index in [9.17, 15) is 4.79 Å². The van der Waals surface area contributed by atoms with Crippen molar-refractivity contribution in [2.75, 3.05) is 14.2 Å². The van der Waals surface area contributed by atoms with Crippen LogP contribution in [0.4, 0.5) is 0 Å². The number of methoxy groups -OCH3 is 2. The average Bonchev–Trinajstić information content (AvgIpc) is 2.53. The van der Waals surface area contributed by atoms with Gasteiger partial charge in [0, 0.05) is 12.1 Å². The molecule has 1 aromatic rings. The van der Waals surface area contributed by atoms with E-state index >= 15 is 0 Å². The van der Waals surface area contributed by atoms with E-state index in [4.69, 9.17) is 21.1 Å². The first-order chi connectivity index (χ1) is 10.6. The summed E-state index contributed by atoms with van der Waals surface area (Å²) in [6, 6.07) is 3.84. The number of hydrogen-bond donors (Lipinski definition) is 1. The first kappa shape index (κ1) is 16.7. The van der Waals surface area contributed by atoms with Crippen LogP contribution >= 0.6 is 11.6 Å². The van der Waals surface area contributed by atoms with Crippen LogP contribution in [0.15, 0.2) is 18.2 Å². The lowest BCUT2D eigenvalue weighted by Crippen LogP contribution is -2.34. The van der Waals surface area contributed by atoms with Crippen LogP contribution in [-0.2, 0) is 4.79 Å². The van der Waals surface area contributed by atoms with Crippen LogP contribution in [0, 0.1) is 0 Å². The Morgan fingerprint density at radius 2 is 1.95 bits per heavy atom. The largest absolute Gasteiger partial charge is 0.493 e. The summed E-state index contributed by atoms with van der Waals surface area (Å²) in [7, 11) is 3.09. The van der Waals surface area contributed by atoms with E-state index in [2.05, 4.69) is 5.32 Å². The Morgan fingerprint density at radius 1 is 1.23 bits per heavy atom. The van der Waals surface area contributed by atoms with Gasteiger partial charge in [-0.3, -0.25) is 4.79 Å². The Balaban J connectivity index is 2.02. The van der Waals surface area contributed by atoms with Gasteiger partial charge in [0.05, 0.1) is 19.2 Å². The van der Waals surface area contributed by atoms with Crippen LogP contribution in [0.5, 0.6) is 11.5 Å². The molecule has 0 radical (unpaired) electrons. The van der Waals surface area contributed by atoms with Crippen molar-refractivity contribution in [3.8, 4) is 11.5 Å². The van der Waals surface area contributed by atoms with Gasteiger partial charge in [0.15, 0.2) is 11.5 Å². The molecule has 1 saturated carbocycles. The van der Waals surface area contributed by atoms with Crippen LogP contribution in [0.25, 0.3) is 6.08 Å². The van der Waals surface area contributed by atoms with Crippen molar-refractivity contribution in [3.05, 3.63) is 28.8 Å². The molecule has 0 spiro atoms. The van der Waals surface area contributed by atoms with Gasteiger partial charge < -0.3 is 14.8 Å². The highest BCUT2D eigenvalue weighted by molar-refractivity contribution is 6.32. The molecule has 1 fully saturated rings. The van der Waals surface area contributed by atoms with Gasteiger partial charge in [-0.05, 0) is 36.6 Å². The topological polar surface area (TPSA) is 47.6 Å². The van der Waals surface area contributed by atoms with E-state index in [1.807, 2.05) is 0 Å². The van der Waals surface area contributed by atoms with Crippen LogP contribution in [0.1, 0.15) is 37.7 Å². The second-order valence-electron chi connectivity index (χ2n) is 5.42. The van der Waals surface area contributed by atoms with E-state index in [0.29, 0.717) is 22.6 Å². The molecule has 4 nitrogen and oxygen atoms in total. The Kier molecular flexibility index (Phi) is 6.13. The van der Waals surface area contributed by atoms with Crippen molar-refractivity contribution in [1.82, 2.24) is 5.32 Å². The summed E-state index contributed by atoms with van der Waals surface area (Å²) >= 11 is 6.14. The molecule has 1 aromatic carbocycles. The molecular weight excluding hydrogens is 302 g/mol. The van der Waals surface area contributed by atoms with Crippen molar-refractivity contribution >= 4 is 23.6 Å². The number of amides is 1. The molecule has 5 heteroatoms. The fourth-order valence-electron chi connectivity index (χ4n) is 2.70. The van der Waals surface area contributed by atoms with Crippen molar-refractivity contribution in [1.29, 1.82) is 0 Å². The number of hydrogen-bond acceptors (Lipinski definition) is 3. The second-order valence-corrected chi connectivity index (χ2v) is 5.82. The lowest BCUT2D eigenvalue weighted by atomic mass is 9.95. The summed E-state index contributed by atoms with van der Waals surface area (Å²) in [6.07, 6.45) is 9.06. The molecule has 0 saturated heterocycles. The molecule has 0 atom stereocenters. The van der Waals surface area contributed by atoms with Gasteiger partial charge in [0.2, 0.25) is 5.91 Å². The summed E-state index contributed by atoms with van der Waals surface area (Å²) in [5, 5.41) is 3.49. The average molecular weight is 324 g/mol. The summed E-state index contributed by atoms with van der Waals surface area (Å²) in [5.74, 6) is 0.966. The van der Waals surface area contributed by atoms with Gasteiger partial charge in [0.25, 0.3) is 0 Å². The van der Waals surface area contributed by atoms with E-state index in [0.717, 1.165) is 18.4 Å². The number of carbonyl (C=O) groups excluding carboxylic acids is 1. The van der Waals surface area contributed by atoms with Crippen molar-refractivity contribution in [2.45, 2.75) is 38.1 Å². The maximum Gasteiger partial charge on any atom is 0.244 e. The molecule has 1 aliphatic carbocycles. The molecule has 2 rings (SSSR count). The van der Waals surface area contributed by atoms with E-state index in [1.54, 1.807) is 25.3 Å². The van der Waals surface area contributed by atoms with E-state index in [1.165, 1.54) is 32.4 Å². The number of nitrogens with one attached hydrogen (secondary N) is 1. The maximum atomic E-state index is 12.0. The number of carbonyl (C=O) groups is 1. The molecular formula is C17H22ClNO3. The summed E-state index contributed by atoms with van der Waals surface area (Å²) in [4.78, 5) is 12.0. The normalized spacial score (nSPS) is 15.8. The molecule has 0 unspecified atom stereocenters. The van der Waals surface area contributed by atoms with E-state index < -0.39 is 0 Å². The van der Waals surface area contributed by atoms with Crippen molar-refractivity contribution in [3.63, 3.8) is 0 Å². The molecule has 0 heterocycles. The minimum Gasteiger partial charge on any atom is -0.493 e. The Labute approximate surface area is 136 Å². The van der Waals surface area contributed by atoms with Gasteiger partial charge in [-0.2, -0.15) is 0 Å². The molecule has 1 amide bonds. The quantitative estimate of drug-likeness (QED) is 0.838. The number of rotatable bonds is 5. The second kappa shape index (κ2) is 8.08. The van der Waals surface area contributed by atoms with Crippen LogP contribution < -0.4 is 14.8 Å². The zero-order chi connectivity index (χ0) is 15.9. The highest BCUT2D eigenvalue weighted by Crippen LogP contribution is 2.36. The van der Waals surface area contributed by atoms with Gasteiger partial charge in [-0.25, -0.2) is 0 Å². The number of benzene rings is 1. The molecule has 0 aromatic heterocycles. The zero-order valence-corrected chi connectivity index (χ0v) is 13.8. The van der Waals surface area contributed by atoms with Crippen LogP contribution in [0.2, 0.25) is 5.02 Å². The highest BCUT2D eigenvalue weighted by atomic mass is 35.5. The number of ether oxygens (including phenoxy) is 2. The monoisotopic (exact) mass is 323 g/mol. The van der Waals surface area contributed by atoms with Gasteiger partial charge in [-0.1, -0.05) is 30.9 Å². The molecule has 0 aliphatic heterocycles. The Bertz CT molecular complexity index is 551. The van der Waals surface area contributed by atoms with Crippen LogP contribution in [-0.4, -0.2) is 26.2 Å². The third kappa shape index (κ3) is 4.41. The number of halogens is 1. The first-order valence-corrected chi connectivity index (χ1v) is 7.92. The third-order valence-corrected chi connectivity index (χ3v) is 4.12. The predicted octanol–water partition coefficient (Wildman–Crippen LogP) is 3.82. The first-order valence-electron chi connectivity index (χ1n) is 7.54. The lowest BCUT2D eigenvalue weighted by Gasteiger charge is -2.21. The minimum atomic E-state index is -0.0715. The summed E-state index contributed by atoms with van der Waals surface area (Å²) in [5.41, 5.74) is 0.793.